The average molecular weight is 430 g/mol. The van der Waals surface area contributed by atoms with E-state index >= 15 is 0 Å². The minimum absolute atomic E-state index is 0.0103. The van der Waals surface area contributed by atoms with E-state index in [1.807, 2.05) is 12.1 Å². The standard InChI is InChI=1S/C26H39NO4/c1-16-19(15-27-17(2)28)13-22-25(3,4)9-8-10-26(22,5)23(16)24(29)18-11-20(30-6)14-21(12-18)31-7/h11-12,14,16,19,22-23H,8-10,13,15H2,1-7H3,(H,27,28)/t16-,19-,22?,23-,26+/m1/s1. The van der Waals surface area contributed by atoms with E-state index in [1.165, 1.54) is 6.42 Å². The van der Waals surface area contributed by atoms with E-state index in [-0.39, 0.29) is 40.3 Å². The van der Waals surface area contributed by atoms with Crippen molar-refractivity contribution in [1.82, 2.24) is 5.32 Å². The number of benzene rings is 1. The molecule has 5 heteroatoms. The van der Waals surface area contributed by atoms with Gasteiger partial charge in [-0.25, -0.2) is 0 Å². The van der Waals surface area contributed by atoms with Gasteiger partial charge in [-0.3, -0.25) is 9.59 Å². The van der Waals surface area contributed by atoms with Crippen LogP contribution in [0.4, 0.5) is 0 Å². The number of carbonyl (C=O) groups excluding carboxylic acids is 2. The zero-order valence-electron chi connectivity index (χ0n) is 20.2. The number of Topliss-reactive ketones (excluding diaryl/α,β-unsaturated/α-hetero) is 1. The molecule has 1 aromatic rings. The molecule has 2 fully saturated rings. The smallest absolute Gasteiger partial charge is 0.216 e. The van der Waals surface area contributed by atoms with Crippen molar-refractivity contribution < 1.29 is 19.1 Å². The molecular weight excluding hydrogens is 390 g/mol. The first kappa shape index (κ1) is 23.6. The van der Waals surface area contributed by atoms with Crippen molar-refractivity contribution >= 4 is 11.7 Å². The van der Waals surface area contributed by atoms with Crippen LogP contribution in [0.1, 0.15) is 70.7 Å². The molecule has 0 bridgehead atoms. The first-order chi connectivity index (χ1) is 14.5. The Balaban J connectivity index is 2.05. The van der Waals surface area contributed by atoms with Gasteiger partial charge in [-0.2, -0.15) is 0 Å². The van der Waals surface area contributed by atoms with Crippen molar-refractivity contribution in [3.63, 3.8) is 0 Å². The van der Waals surface area contributed by atoms with Gasteiger partial charge in [-0.05, 0) is 60.0 Å². The van der Waals surface area contributed by atoms with E-state index in [9.17, 15) is 9.59 Å². The predicted molar refractivity (Wildman–Crippen MR) is 123 cm³/mol. The Morgan fingerprint density at radius 1 is 1.06 bits per heavy atom. The van der Waals surface area contributed by atoms with E-state index in [0.717, 1.165) is 19.3 Å². The summed E-state index contributed by atoms with van der Waals surface area (Å²) in [6, 6.07) is 5.47. The van der Waals surface area contributed by atoms with E-state index < -0.39 is 0 Å². The lowest BCUT2D eigenvalue weighted by Crippen LogP contribution is -2.57. The minimum atomic E-state index is -0.110. The van der Waals surface area contributed by atoms with Crippen LogP contribution in [0.5, 0.6) is 11.5 Å². The van der Waals surface area contributed by atoms with Gasteiger partial charge in [-0.1, -0.05) is 34.1 Å². The van der Waals surface area contributed by atoms with Crippen molar-refractivity contribution in [2.24, 2.45) is 34.5 Å². The van der Waals surface area contributed by atoms with E-state index in [4.69, 9.17) is 9.47 Å². The molecule has 31 heavy (non-hydrogen) atoms. The van der Waals surface area contributed by atoms with Crippen LogP contribution >= 0.6 is 0 Å². The SMILES string of the molecule is COc1cc(OC)cc(C(=O)[C@H]2[C@H](C)[C@@H](CNC(C)=O)CC3C(C)(C)CCC[C@@]32C)c1. The summed E-state index contributed by atoms with van der Waals surface area (Å²) in [5, 5.41) is 3.03. The molecule has 0 spiro atoms. The third kappa shape index (κ3) is 4.47. The summed E-state index contributed by atoms with van der Waals surface area (Å²) in [7, 11) is 3.22. The number of rotatable bonds is 6. The fourth-order valence-electron chi connectivity index (χ4n) is 6.73. The molecule has 0 saturated heterocycles. The minimum Gasteiger partial charge on any atom is -0.497 e. The molecule has 5 nitrogen and oxygen atoms in total. The fourth-order valence-corrected chi connectivity index (χ4v) is 6.73. The number of carbonyl (C=O) groups is 2. The maximum absolute atomic E-state index is 14.1. The molecule has 2 aliphatic carbocycles. The quantitative estimate of drug-likeness (QED) is 0.637. The van der Waals surface area contributed by atoms with Crippen LogP contribution in [0, 0.1) is 34.5 Å². The molecule has 1 amide bonds. The Morgan fingerprint density at radius 2 is 1.68 bits per heavy atom. The summed E-state index contributed by atoms with van der Waals surface area (Å²) in [4.78, 5) is 25.7. The maximum Gasteiger partial charge on any atom is 0.216 e. The number of hydrogen-bond acceptors (Lipinski definition) is 4. The Bertz CT molecular complexity index is 810. The highest BCUT2D eigenvalue weighted by molar-refractivity contribution is 5.99. The lowest BCUT2D eigenvalue weighted by atomic mass is 9.44. The number of amides is 1. The first-order valence-electron chi connectivity index (χ1n) is 11.5. The van der Waals surface area contributed by atoms with E-state index in [0.29, 0.717) is 29.5 Å². The Hall–Kier alpha value is -2.04. The summed E-state index contributed by atoms with van der Waals surface area (Å²) in [5.74, 6) is 2.20. The zero-order valence-corrected chi connectivity index (χ0v) is 20.2. The lowest BCUT2D eigenvalue weighted by molar-refractivity contribution is -0.121. The van der Waals surface area contributed by atoms with Crippen molar-refractivity contribution in [3.05, 3.63) is 23.8 Å². The summed E-state index contributed by atoms with van der Waals surface area (Å²) >= 11 is 0. The van der Waals surface area contributed by atoms with Crippen LogP contribution in [0.3, 0.4) is 0 Å². The van der Waals surface area contributed by atoms with Gasteiger partial charge in [0.25, 0.3) is 0 Å². The highest BCUT2D eigenvalue weighted by atomic mass is 16.5. The molecule has 0 aliphatic heterocycles. The molecule has 0 radical (unpaired) electrons. The van der Waals surface area contributed by atoms with Gasteiger partial charge in [0.2, 0.25) is 5.91 Å². The van der Waals surface area contributed by atoms with E-state index in [1.54, 1.807) is 27.2 Å². The summed E-state index contributed by atoms with van der Waals surface area (Å²) in [5.41, 5.74) is 0.754. The number of fused-ring (bicyclic) bond motifs is 1. The lowest BCUT2D eigenvalue weighted by Gasteiger charge is -2.60. The molecule has 1 N–H and O–H groups in total. The molecule has 5 atom stereocenters. The second-order valence-electron chi connectivity index (χ2n) is 10.6. The van der Waals surface area contributed by atoms with Crippen molar-refractivity contribution in [3.8, 4) is 11.5 Å². The van der Waals surface area contributed by atoms with Gasteiger partial charge in [-0.15, -0.1) is 0 Å². The Kier molecular flexibility index (Phi) is 6.73. The Labute approximate surface area is 187 Å². The molecule has 0 heterocycles. The molecule has 2 aliphatic rings. The van der Waals surface area contributed by atoms with Gasteiger partial charge in [0, 0.05) is 31.0 Å². The highest BCUT2D eigenvalue weighted by Gasteiger charge is 2.58. The topological polar surface area (TPSA) is 64.6 Å². The predicted octanol–water partition coefficient (Wildman–Crippen LogP) is 5.13. The largest absolute Gasteiger partial charge is 0.497 e. The molecule has 1 unspecified atom stereocenters. The maximum atomic E-state index is 14.1. The summed E-state index contributed by atoms with van der Waals surface area (Å²) in [6.07, 6.45) is 4.45. The van der Waals surface area contributed by atoms with Crippen LogP contribution in [-0.2, 0) is 4.79 Å². The summed E-state index contributed by atoms with van der Waals surface area (Å²) in [6.45, 7) is 11.4. The van der Waals surface area contributed by atoms with Crippen LogP contribution in [-0.4, -0.2) is 32.5 Å². The van der Waals surface area contributed by atoms with Crippen LogP contribution in [0.2, 0.25) is 0 Å². The third-order valence-electron chi connectivity index (χ3n) is 8.33. The first-order valence-corrected chi connectivity index (χ1v) is 11.5. The number of nitrogens with one attached hydrogen (secondary N) is 1. The summed E-state index contributed by atoms with van der Waals surface area (Å²) < 4.78 is 10.9. The molecule has 2 saturated carbocycles. The van der Waals surface area contributed by atoms with Crippen LogP contribution in [0.25, 0.3) is 0 Å². The monoisotopic (exact) mass is 429 g/mol. The number of ketones is 1. The number of methoxy groups -OCH3 is 2. The second-order valence-corrected chi connectivity index (χ2v) is 10.6. The molecule has 3 rings (SSSR count). The van der Waals surface area contributed by atoms with Crippen molar-refractivity contribution in [2.45, 2.75) is 60.3 Å². The van der Waals surface area contributed by atoms with Crippen molar-refractivity contribution in [1.29, 1.82) is 0 Å². The van der Waals surface area contributed by atoms with Gasteiger partial charge < -0.3 is 14.8 Å². The van der Waals surface area contributed by atoms with Crippen LogP contribution < -0.4 is 14.8 Å². The van der Waals surface area contributed by atoms with Gasteiger partial charge in [0.15, 0.2) is 5.78 Å². The normalized spacial score (nSPS) is 32.0. The molecular formula is C26H39NO4. The molecule has 1 aromatic carbocycles. The third-order valence-corrected chi connectivity index (χ3v) is 8.33. The molecule has 0 aromatic heterocycles. The number of ether oxygens (including phenoxy) is 2. The van der Waals surface area contributed by atoms with Gasteiger partial charge in [0.05, 0.1) is 14.2 Å². The number of hydrogen-bond donors (Lipinski definition) is 1. The Morgan fingerprint density at radius 3 is 2.23 bits per heavy atom. The second kappa shape index (κ2) is 8.84. The van der Waals surface area contributed by atoms with Gasteiger partial charge in [0.1, 0.15) is 11.5 Å². The van der Waals surface area contributed by atoms with Crippen molar-refractivity contribution in [2.75, 3.05) is 20.8 Å². The fraction of sp³-hybridized carbons (Fsp3) is 0.692. The zero-order chi connectivity index (χ0) is 23.0. The average Bonchev–Trinajstić information content (AvgIpc) is 2.71. The molecule has 172 valence electrons. The van der Waals surface area contributed by atoms with E-state index in [2.05, 4.69) is 33.0 Å². The van der Waals surface area contributed by atoms with Gasteiger partial charge >= 0.3 is 0 Å². The highest BCUT2D eigenvalue weighted by Crippen LogP contribution is 2.62. The van der Waals surface area contributed by atoms with Crippen LogP contribution in [0.15, 0.2) is 18.2 Å².